The van der Waals surface area contributed by atoms with Gasteiger partial charge in [0, 0.05) is 17.1 Å². The second kappa shape index (κ2) is 8.86. The highest BCUT2D eigenvalue weighted by molar-refractivity contribution is 5.93. The number of hydroxylamine groups is 1. The molecular formula is C20H17FN4O4. The summed E-state index contributed by atoms with van der Waals surface area (Å²) >= 11 is 0. The number of hydrogen-bond donors (Lipinski definition) is 3. The summed E-state index contributed by atoms with van der Waals surface area (Å²) in [5.74, 6) is 2.46. The van der Waals surface area contributed by atoms with Crippen LogP contribution in [0, 0.1) is 18.2 Å². The SMILES string of the molecule is C#Cc1cc(Nc2ncnc3cc(OC)c(OCCC(=O)NO)cc23)ccc1F. The van der Waals surface area contributed by atoms with Gasteiger partial charge in [-0.05, 0) is 24.3 Å². The summed E-state index contributed by atoms with van der Waals surface area (Å²) < 4.78 is 24.6. The molecule has 2 aromatic carbocycles. The highest BCUT2D eigenvalue weighted by Crippen LogP contribution is 2.35. The number of carbonyl (C=O) groups excluding carboxylic acids is 1. The molecule has 0 fully saturated rings. The Morgan fingerprint density at radius 3 is 2.83 bits per heavy atom. The molecule has 0 saturated heterocycles. The molecule has 148 valence electrons. The van der Waals surface area contributed by atoms with Crippen LogP contribution in [0.15, 0.2) is 36.7 Å². The maximum Gasteiger partial charge on any atom is 0.246 e. The van der Waals surface area contributed by atoms with Crippen LogP contribution in [-0.4, -0.2) is 34.8 Å². The molecule has 0 aliphatic carbocycles. The van der Waals surface area contributed by atoms with E-state index in [0.717, 1.165) is 0 Å². The summed E-state index contributed by atoms with van der Waals surface area (Å²) in [6.07, 6.45) is 6.65. The Hall–Kier alpha value is -3.90. The van der Waals surface area contributed by atoms with Gasteiger partial charge in [0.2, 0.25) is 5.91 Å². The van der Waals surface area contributed by atoms with Crippen LogP contribution in [0.2, 0.25) is 0 Å². The molecule has 0 atom stereocenters. The molecule has 29 heavy (non-hydrogen) atoms. The summed E-state index contributed by atoms with van der Waals surface area (Å²) in [4.78, 5) is 19.6. The van der Waals surface area contributed by atoms with E-state index < -0.39 is 11.7 Å². The van der Waals surface area contributed by atoms with E-state index in [1.165, 1.54) is 31.0 Å². The molecule has 3 rings (SSSR count). The molecule has 0 spiro atoms. The van der Waals surface area contributed by atoms with Gasteiger partial charge in [-0.15, -0.1) is 6.42 Å². The standard InChI is InChI=1S/C20H17FN4O4/c1-3-12-8-13(4-5-15(12)21)24-20-14-9-18(29-7-6-19(26)25-27)17(28-2)10-16(14)22-11-23-20/h1,4-5,8-11,27H,6-7H2,2H3,(H,25,26)(H,22,23,24). The molecule has 0 bridgehead atoms. The zero-order chi connectivity index (χ0) is 20.8. The molecule has 1 aromatic heterocycles. The van der Waals surface area contributed by atoms with Crippen LogP contribution in [0.25, 0.3) is 10.9 Å². The molecule has 0 unspecified atom stereocenters. The van der Waals surface area contributed by atoms with E-state index in [9.17, 15) is 9.18 Å². The van der Waals surface area contributed by atoms with Gasteiger partial charge < -0.3 is 14.8 Å². The van der Waals surface area contributed by atoms with E-state index >= 15 is 0 Å². The van der Waals surface area contributed by atoms with Crippen molar-refractivity contribution in [3.63, 3.8) is 0 Å². The first-order valence-corrected chi connectivity index (χ1v) is 8.47. The molecule has 1 heterocycles. The lowest BCUT2D eigenvalue weighted by Gasteiger charge is -2.14. The van der Waals surface area contributed by atoms with Crippen LogP contribution in [0.4, 0.5) is 15.9 Å². The largest absolute Gasteiger partial charge is 0.493 e. The van der Waals surface area contributed by atoms with Gasteiger partial charge in [0.1, 0.15) is 18.0 Å². The van der Waals surface area contributed by atoms with E-state index in [0.29, 0.717) is 33.9 Å². The maximum atomic E-state index is 13.6. The minimum Gasteiger partial charge on any atom is -0.493 e. The Kier molecular flexibility index (Phi) is 6.06. The zero-order valence-electron chi connectivity index (χ0n) is 15.4. The van der Waals surface area contributed by atoms with Crippen molar-refractivity contribution >= 4 is 28.3 Å². The first kappa shape index (κ1) is 19.9. The number of nitrogens with one attached hydrogen (secondary N) is 2. The van der Waals surface area contributed by atoms with Gasteiger partial charge in [0.15, 0.2) is 11.5 Å². The lowest BCUT2D eigenvalue weighted by molar-refractivity contribution is -0.129. The van der Waals surface area contributed by atoms with Crippen molar-refractivity contribution in [1.82, 2.24) is 15.4 Å². The number of halogens is 1. The number of fused-ring (bicyclic) bond motifs is 1. The smallest absolute Gasteiger partial charge is 0.246 e. The Balaban J connectivity index is 1.95. The van der Waals surface area contributed by atoms with Crippen LogP contribution in [0.1, 0.15) is 12.0 Å². The summed E-state index contributed by atoms with van der Waals surface area (Å²) in [5, 5.41) is 12.3. The minimum atomic E-state index is -0.573. The Morgan fingerprint density at radius 1 is 1.28 bits per heavy atom. The fourth-order valence-corrected chi connectivity index (χ4v) is 2.60. The van der Waals surface area contributed by atoms with E-state index in [1.807, 2.05) is 0 Å². The van der Waals surface area contributed by atoms with E-state index in [-0.39, 0.29) is 18.6 Å². The number of hydrogen-bond acceptors (Lipinski definition) is 7. The van der Waals surface area contributed by atoms with Crippen LogP contribution in [0.5, 0.6) is 11.5 Å². The van der Waals surface area contributed by atoms with Crippen molar-refractivity contribution in [3.05, 3.63) is 48.0 Å². The van der Waals surface area contributed by atoms with Crippen LogP contribution in [-0.2, 0) is 4.79 Å². The predicted octanol–water partition coefficient (Wildman–Crippen LogP) is 2.78. The fourth-order valence-electron chi connectivity index (χ4n) is 2.60. The highest BCUT2D eigenvalue weighted by atomic mass is 19.1. The van der Waals surface area contributed by atoms with Crippen molar-refractivity contribution in [3.8, 4) is 23.8 Å². The van der Waals surface area contributed by atoms with Gasteiger partial charge in [-0.25, -0.2) is 19.8 Å². The predicted molar refractivity (Wildman–Crippen MR) is 104 cm³/mol. The number of terminal acetylenes is 1. The third kappa shape index (κ3) is 4.51. The molecule has 8 nitrogen and oxygen atoms in total. The number of rotatable bonds is 7. The van der Waals surface area contributed by atoms with Crippen molar-refractivity contribution in [2.45, 2.75) is 6.42 Å². The second-order valence-electron chi connectivity index (χ2n) is 5.84. The zero-order valence-corrected chi connectivity index (χ0v) is 15.4. The van der Waals surface area contributed by atoms with Crippen LogP contribution >= 0.6 is 0 Å². The van der Waals surface area contributed by atoms with Crippen molar-refractivity contribution < 1.29 is 23.9 Å². The fraction of sp³-hybridized carbons (Fsp3) is 0.150. The van der Waals surface area contributed by atoms with E-state index in [2.05, 4.69) is 21.2 Å². The van der Waals surface area contributed by atoms with E-state index in [4.69, 9.17) is 21.1 Å². The summed E-state index contributed by atoms with van der Waals surface area (Å²) in [6, 6.07) is 7.64. The third-order valence-electron chi connectivity index (χ3n) is 4.02. The first-order chi connectivity index (χ1) is 14.0. The van der Waals surface area contributed by atoms with Gasteiger partial charge in [-0.2, -0.15) is 0 Å². The number of aromatic nitrogens is 2. The average molecular weight is 396 g/mol. The van der Waals surface area contributed by atoms with Gasteiger partial charge in [0.05, 0.1) is 31.2 Å². The number of ether oxygens (including phenoxy) is 2. The number of amides is 1. The maximum absolute atomic E-state index is 13.6. The molecule has 0 aliphatic heterocycles. The van der Waals surface area contributed by atoms with Crippen molar-refractivity contribution in [2.24, 2.45) is 0 Å². The Morgan fingerprint density at radius 2 is 2.10 bits per heavy atom. The molecule has 9 heteroatoms. The summed E-state index contributed by atoms with van der Waals surface area (Å²) in [7, 11) is 1.48. The van der Waals surface area contributed by atoms with Crippen molar-refractivity contribution in [1.29, 1.82) is 0 Å². The molecule has 0 saturated carbocycles. The Bertz CT molecular complexity index is 1100. The van der Waals surface area contributed by atoms with Crippen molar-refractivity contribution in [2.75, 3.05) is 19.0 Å². The lowest BCUT2D eigenvalue weighted by atomic mass is 10.1. The number of anilines is 2. The van der Waals surface area contributed by atoms with Crippen LogP contribution < -0.4 is 20.3 Å². The summed E-state index contributed by atoms with van der Waals surface area (Å²) in [5.41, 5.74) is 2.80. The highest BCUT2D eigenvalue weighted by Gasteiger charge is 2.13. The number of methoxy groups -OCH3 is 1. The molecule has 1 amide bonds. The average Bonchev–Trinajstić information content (AvgIpc) is 2.74. The molecule has 0 radical (unpaired) electrons. The normalized spacial score (nSPS) is 10.3. The number of benzene rings is 2. The molecule has 0 aliphatic rings. The quantitative estimate of drug-likeness (QED) is 0.320. The van der Waals surface area contributed by atoms with Gasteiger partial charge >= 0.3 is 0 Å². The minimum absolute atomic E-state index is 0.0220. The second-order valence-corrected chi connectivity index (χ2v) is 5.84. The lowest BCUT2D eigenvalue weighted by Crippen LogP contribution is -2.20. The molecular weight excluding hydrogens is 379 g/mol. The van der Waals surface area contributed by atoms with Gasteiger partial charge in [-0.3, -0.25) is 10.0 Å². The topological polar surface area (TPSA) is 106 Å². The van der Waals surface area contributed by atoms with Gasteiger partial charge in [0.25, 0.3) is 0 Å². The monoisotopic (exact) mass is 396 g/mol. The molecule has 3 aromatic rings. The third-order valence-corrected chi connectivity index (χ3v) is 4.02. The number of carbonyl (C=O) groups is 1. The van der Waals surface area contributed by atoms with Gasteiger partial charge in [-0.1, -0.05) is 5.92 Å². The first-order valence-electron chi connectivity index (χ1n) is 8.47. The summed E-state index contributed by atoms with van der Waals surface area (Å²) in [6.45, 7) is 0.0220. The Labute approximate surface area is 165 Å². The number of nitrogens with zero attached hydrogens (tertiary/aromatic N) is 2. The van der Waals surface area contributed by atoms with E-state index in [1.54, 1.807) is 18.2 Å². The van der Waals surface area contributed by atoms with Crippen LogP contribution in [0.3, 0.4) is 0 Å². The molecule has 3 N–H and O–H groups in total.